The number of phenols is 2. The number of sulfonamides is 1. The lowest BCUT2D eigenvalue weighted by atomic mass is 9.94. The van der Waals surface area contributed by atoms with Gasteiger partial charge in [0.2, 0.25) is 21.8 Å². The highest BCUT2D eigenvalue weighted by molar-refractivity contribution is 7.89. The topological polar surface area (TPSA) is 158 Å². The normalized spacial score (nSPS) is 14.8. The number of aromatic nitrogens is 3. The molecule has 238 valence electrons. The Morgan fingerprint density at radius 2 is 1.64 bits per heavy atom. The zero-order valence-electron chi connectivity index (χ0n) is 25.3. The van der Waals surface area contributed by atoms with Gasteiger partial charge in [0, 0.05) is 24.8 Å². The minimum Gasteiger partial charge on any atom is -0.504 e. The number of benzene rings is 3. The molecule has 4 aromatic rings. The van der Waals surface area contributed by atoms with Crippen LogP contribution in [0.2, 0.25) is 0 Å². The van der Waals surface area contributed by atoms with Crippen LogP contribution in [0, 0.1) is 0 Å². The van der Waals surface area contributed by atoms with Gasteiger partial charge in [0.15, 0.2) is 11.5 Å². The zero-order valence-corrected chi connectivity index (χ0v) is 26.2. The minimum atomic E-state index is -3.78. The van der Waals surface area contributed by atoms with E-state index >= 15 is 0 Å². The van der Waals surface area contributed by atoms with Gasteiger partial charge in [-0.05, 0) is 66.9 Å². The lowest BCUT2D eigenvalue weighted by Gasteiger charge is -2.33. The van der Waals surface area contributed by atoms with Gasteiger partial charge in [-0.3, -0.25) is 14.5 Å². The van der Waals surface area contributed by atoms with Gasteiger partial charge in [-0.2, -0.15) is 4.31 Å². The number of para-hydroxylation sites is 1. The van der Waals surface area contributed by atoms with E-state index in [1.807, 2.05) is 6.07 Å². The summed E-state index contributed by atoms with van der Waals surface area (Å²) in [5.74, 6) is -1.81. The summed E-state index contributed by atoms with van der Waals surface area (Å²) in [7, 11) is -3.78. The van der Waals surface area contributed by atoms with Crippen LogP contribution in [0.15, 0.2) is 71.6 Å². The van der Waals surface area contributed by atoms with Crippen LogP contribution in [-0.2, 0) is 26.2 Å². The fourth-order valence-corrected chi connectivity index (χ4v) is 7.28. The Morgan fingerprint density at radius 1 is 0.956 bits per heavy atom. The molecule has 1 aliphatic rings. The molecule has 1 saturated carbocycles. The number of nitrogens with zero attached hydrogens (tertiary/aromatic N) is 5. The Labute approximate surface area is 262 Å². The Hall–Kier alpha value is -4.49. The average Bonchev–Trinajstić information content (AvgIpc) is 3.44. The molecule has 45 heavy (non-hydrogen) atoms. The van der Waals surface area contributed by atoms with Crippen molar-refractivity contribution in [3.8, 4) is 11.5 Å². The lowest BCUT2D eigenvalue weighted by Crippen LogP contribution is -2.48. The SMILES string of the molecule is CCN(CC)S(=O)(=O)c1ccc(N(C(=O)Cn2nnc3ccccc32)C(C(=O)NC2CCCCC2)c2ccc(O)c(O)c2)cc1. The number of carbonyl (C=O) groups excluding carboxylic acids is 2. The van der Waals surface area contributed by atoms with Crippen LogP contribution in [0.3, 0.4) is 0 Å². The molecule has 1 unspecified atom stereocenters. The predicted molar refractivity (Wildman–Crippen MR) is 169 cm³/mol. The van der Waals surface area contributed by atoms with Crippen molar-refractivity contribution in [1.29, 1.82) is 0 Å². The minimum absolute atomic E-state index is 0.0510. The van der Waals surface area contributed by atoms with Crippen molar-refractivity contribution >= 4 is 38.6 Å². The standard InChI is InChI=1S/C32H38N6O6S/c1-3-36(4-2)45(43,44)25-17-15-24(16-18-25)38(30(41)21-37-27-13-9-8-12-26(27)34-35-37)31(22-14-19-28(39)29(40)20-22)32(42)33-23-10-6-5-7-11-23/h8-9,12-20,23,31,39-40H,3-7,10-11,21H2,1-2H3,(H,33,42). The first-order valence-corrected chi connectivity index (χ1v) is 16.6. The van der Waals surface area contributed by atoms with Gasteiger partial charge in [0.1, 0.15) is 18.1 Å². The molecule has 5 rings (SSSR count). The van der Waals surface area contributed by atoms with Crippen molar-refractivity contribution in [1.82, 2.24) is 24.6 Å². The number of carbonyl (C=O) groups is 2. The molecule has 1 aliphatic carbocycles. The van der Waals surface area contributed by atoms with Crippen molar-refractivity contribution < 1.29 is 28.2 Å². The number of amides is 2. The first kappa shape index (κ1) is 31.9. The van der Waals surface area contributed by atoms with Crippen LogP contribution in [0.1, 0.15) is 57.6 Å². The third-order valence-electron chi connectivity index (χ3n) is 8.21. The van der Waals surface area contributed by atoms with Crippen LogP contribution >= 0.6 is 0 Å². The van der Waals surface area contributed by atoms with Crippen LogP contribution in [0.25, 0.3) is 11.0 Å². The molecule has 3 N–H and O–H groups in total. The molecule has 0 bridgehead atoms. The van der Waals surface area contributed by atoms with Gasteiger partial charge >= 0.3 is 0 Å². The highest BCUT2D eigenvalue weighted by Gasteiger charge is 2.35. The van der Waals surface area contributed by atoms with Gasteiger partial charge in [-0.15, -0.1) is 5.10 Å². The van der Waals surface area contributed by atoms with Crippen molar-refractivity contribution in [2.24, 2.45) is 0 Å². The smallest absolute Gasteiger partial charge is 0.249 e. The van der Waals surface area contributed by atoms with Gasteiger partial charge in [-0.25, -0.2) is 13.1 Å². The summed E-state index contributed by atoms with van der Waals surface area (Å²) in [6, 6.07) is 15.6. The molecule has 1 aromatic heterocycles. The van der Waals surface area contributed by atoms with E-state index in [0.717, 1.165) is 32.1 Å². The molecule has 3 aromatic carbocycles. The number of hydrogen-bond acceptors (Lipinski definition) is 8. The maximum Gasteiger partial charge on any atom is 0.249 e. The molecule has 12 nitrogen and oxygen atoms in total. The molecule has 1 atom stereocenters. The Balaban J connectivity index is 1.61. The fourth-order valence-electron chi connectivity index (χ4n) is 5.82. The highest BCUT2D eigenvalue weighted by atomic mass is 32.2. The quantitative estimate of drug-likeness (QED) is 0.208. The third-order valence-corrected chi connectivity index (χ3v) is 10.3. The van der Waals surface area contributed by atoms with E-state index in [-0.39, 0.29) is 34.5 Å². The van der Waals surface area contributed by atoms with Crippen LogP contribution in [0.4, 0.5) is 5.69 Å². The van der Waals surface area contributed by atoms with Crippen molar-refractivity contribution in [3.63, 3.8) is 0 Å². The summed E-state index contributed by atoms with van der Waals surface area (Å²) >= 11 is 0. The van der Waals surface area contributed by atoms with Gasteiger partial charge in [0.05, 0.1) is 10.4 Å². The molecule has 1 fully saturated rings. The zero-order chi connectivity index (χ0) is 32.1. The summed E-state index contributed by atoms with van der Waals surface area (Å²) in [4.78, 5) is 29.8. The summed E-state index contributed by atoms with van der Waals surface area (Å²) in [6.45, 7) is 3.82. The van der Waals surface area contributed by atoms with E-state index in [1.54, 1.807) is 32.0 Å². The number of phenolic OH excluding ortho intramolecular Hbond substituents is 2. The molecule has 0 aliphatic heterocycles. The molecule has 0 spiro atoms. The monoisotopic (exact) mass is 634 g/mol. The third kappa shape index (κ3) is 6.79. The molecular formula is C32H38N6O6S. The first-order chi connectivity index (χ1) is 21.6. The van der Waals surface area contributed by atoms with Crippen molar-refractivity contribution in [3.05, 3.63) is 72.3 Å². The van der Waals surface area contributed by atoms with Gasteiger partial charge in [-0.1, -0.05) is 56.5 Å². The highest BCUT2D eigenvalue weighted by Crippen LogP contribution is 2.35. The summed E-state index contributed by atoms with van der Waals surface area (Å²) in [5.41, 5.74) is 1.74. The maximum atomic E-state index is 14.3. The second-order valence-electron chi connectivity index (χ2n) is 11.1. The van der Waals surface area contributed by atoms with Crippen LogP contribution in [-0.4, -0.2) is 68.9 Å². The molecule has 2 amide bonds. The number of nitrogens with one attached hydrogen (secondary N) is 1. The number of rotatable bonds is 11. The summed E-state index contributed by atoms with van der Waals surface area (Å²) in [6.07, 6.45) is 4.63. The van der Waals surface area contributed by atoms with Crippen LogP contribution < -0.4 is 10.2 Å². The van der Waals surface area contributed by atoms with Crippen molar-refractivity contribution in [2.45, 2.75) is 69.5 Å². The Morgan fingerprint density at radius 3 is 2.31 bits per heavy atom. The van der Waals surface area contributed by atoms with E-state index in [9.17, 15) is 28.2 Å². The van der Waals surface area contributed by atoms with E-state index < -0.39 is 33.6 Å². The number of anilines is 1. The van der Waals surface area contributed by atoms with Crippen LogP contribution in [0.5, 0.6) is 11.5 Å². The lowest BCUT2D eigenvalue weighted by molar-refractivity contribution is -0.127. The van der Waals surface area contributed by atoms with E-state index in [1.165, 1.54) is 56.4 Å². The molecular weight excluding hydrogens is 596 g/mol. The summed E-state index contributed by atoms with van der Waals surface area (Å²) in [5, 5.41) is 31.9. The second-order valence-corrected chi connectivity index (χ2v) is 13.0. The molecule has 1 heterocycles. The first-order valence-electron chi connectivity index (χ1n) is 15.2. The number of aromatic hydroxyl groups is 2. The van der Waals surface area contributed by atoms with E-state index in [2.05, 4.69) is 15.6 Å². The average molecular weight is 635 g/mol. The molecule has 0 radical (unpaired) electrons. The van der Waals surface area contributed by atoms with Crippen molar-refractivity contribution in [2.75, 3.05) is 18.0 Å². The second kappa shape index (κ2) is 13.7. The Bertz CT molecular complexity index is 1760. The van der Waals surface area contributed by atoms with E-state index in [4.69, 9.17) is 0 Å². The number of hydrogen-bond donors (Lipinski definition) is 3. The predicted octanol–water partition coefficient (Wildman–Crippen LogP) is 4.10. The largest absolute Gasteiger partial charge is 0.504 e. The summed E-state index contributed by atoms with van der Waals surface area (Å²) < 4.78 is 29.2. The molecule has 13 heteroatoms. The van der Waals surface area contributed by atoms with Gasteiger partial charge in [0.25, 0.3) is 0 Å². The molecule has 0 saturated heterocycles. The van der Waals surface area contributed by atoms with E-state index in [0.29, 0.717) is 24.1 Å². The number of fused-ring (bicyclic) bond motifs is 1. The van der Waals surface area contributed by atoms with Gasteiger partial charge < -0.3 is 15.5 Å². The maximum absolute atomic E-state index is 14.3. The fraction of sp³-hybridized carbons (Fsp3) is 0.375. The Kier molecular flexibility index (Phi) is 9.68.